The molecule has 3 aromatic rings. The van der Waals surface area contributed by atoms with Gasteiger partial charge in [-0.05, 0) is 97.4 Å². The molecule has 0 spiro atoms. The third-order valence-electron chi connectivity index (χ3n) is 9.52. The molecule has 7 heteroatoms. The zero-order valence-electron chi connectivity index (χ0n) is 25.5. The first-order valence-electron chi connectivity index (χ1n) is 15.8. The number of hydrogen-bond donors (Lipinski definition) is 1. The summed E-state index contributed by atoms with van der Waals surface area (Å²) >= 11 is 0. The Morgan fingerprint density at radius 1 is 0.905 bits per heavy atom. The molecule has 6 rings (SSSR count). The highest BCUT2D eigenvalue weighted by Gasteiger charge is 2.40. The summed E-state index contributed by atoms with van der Waals surface area (Å²) in [4.78, 5) is 21.3. The van der Waals surface area contributed by atoms with Gasteiger partial charge in [-0.1, -0.05) is 43.3 Å². The van der Waals surface area contributed by atoms with Crippen LogP contribution in [0.3, 0.4) is 0 Å². The lowest BCUT2D eigenvalue weighted by Crippen LogP contribution is -2.47. The molecule has 3 aliphatic heterocycles. The molecule has 7 nitrogen and oxygen atoms in total. The molecule has 224 valence electrons. The molecule has 1 N–H and O–H groups in total. The number of rotatable bonds is 9. The Morgan fingerprint density at radius 3 is 2.38 bits per heavy atom. The minimum absolute atomic E-state index is 0.129. The van der Waals surface area contributed by atoms with Crippen LogP contribution in [0.4, 0.5) is 0 Å². The quantitative estimate of drug-likeness (QED) is 0.397. The Kier molecular flexibility index (Phi) is 8.98. The average Bonchev–Trinajstić information content (AvgIpc) is 3.42. The number of nitrogens with zero attached hydrogens (tertiary/aromatic N) is 3. The Morgan fingerprint density at radius 2 is 1.64 bits per heavy atom. The number of hydrogen-bond acceptors (Lipinski definition) is 6. The number of fused-ring (bicyclic) bond motifs is 2. The Labute approximate surface area is 250 Å². The maximum absolute atomic E-state index is 14.2. The molecule has 0 aromatic heterocycles. The van der Waals surface area contributed by atoms with E-state index < -0.39 is 0 Å². The number of nitrogens with one attached hydrogen (secondary N) is 1. The normalized spacial score (nSPS) is 21.9. The molecule has 2 fully saturated rings. The van der Waals surface area contributed by atoms with E-state index in [4.69, 9.17) is 9.47 Å². The van der Waals surface area contributed by atoms with Crippen LogP contribution in [0.2, 0.25) is 0 Å². The molecule has 3 aromatic carbocycles. The van der Waals surface area contributed by atoms with Gasteiger partial charge in [0.25, 0.3) is 0 Å². The summed E-state index contributed by atoms with van der Waals surface area (Å²) in [6, 6.07) is 20.1. The third kappa shape index (κ3) is 6.29. The Balaban J connectivity index is 1.19. The second kappa shape index (κ2) is 13.0. The van der Waals surface area contributed by atoms with Crippen LogP contribution in [-0.4, -0.2) is 85.7 Å². The first-order valence-corrected chi connectivity index (χ1v) is 15.8. The minimum Gasteiger partial charge on any atom is -0.493 e. The third-order valence-corrected chi connectivity index (χ3v) is 9.52. The van der Waals surface area contributed by atoms with Crippen molar-refractivity contribution in [3.63, 3.8) is 0 Å². The van der Waals surface area contributed by atoms with Crippen molar-refractivity contribution in [3.05, 3.63) is 71.3 Å². The number of carbonyl (C=O) groups excluding carboxylic acids is 1. The van der Waals surface area contributed by atoms with E-state index in [1.165, 1.54) is 60.8 Å². The van der Waals surface area contributed by atoms with Gasteiger partial charge in [0.2, 0.25) is 5.91 Å². The average molecular weight is 571 g/mol. The van der Waals surface area contributed by atoms with Gasteiger partial charge in [0, 0.05) is 38.3 Å². The Hall–Kier alpha value is -3.13. The van der Waals surface area contributed by atoms with E-state index in [0.29, 0.717) is 18.6 Å². The molecular weight excluding hydrogens is 524 g/mol. The predicted octanol–water partition coefficient (Wildman–Crippen LogP) is 4.85. The van der Waals surface area contributed by atoms with Crippen LogP contribution < -0.4 is 14.8 Å². The summed E-state index contributed by atoms with van der Waals surface area (Å²) in [6.45, 7) is 8.82. The van der Waals surface area contributed by atoms with Crippen LogP contribution in [0.25, 0.3) is 10.8 Å². The summed E-state index contributed by atoms with van der Waals surface area (Å²) in [5.74, 6) is 1.72. The smallest absolute Gasteiger partial charge is 0.240 e. The number of benzene rings is 3. The van der Waals surface area contributed by atoms with Crippen molar-refractivity contribution in [2.75, 3.05) is 46.9 Å². The lowest BCUT2D eigenvalue weighted by Gasteiger charge is -2.34. The van der Waals surface area contributed by atoms with Gasteiger partial charge in [0.05, 0.1) is 20.3 Å². The zero-order valence-corrected chi connectivity index (χ0v) is 25.5. The molecule has 2 atom stereocenters. The summed E-state index contributed by atoms with van der Waals surface area (Å²) in [7, 11) is 3.34. The van der Waals surface area contributed by atoms with Gasteiger partial charge in [-0.25, -0.2) is 0 Å². The molecule has 2 saturated heterocycles. The Bertz CT molecular complexity index is 1390. The van der Waals surface area contributed by atoms with Gasteiger partial charge < -0.3 is 24.6 Å². The lowest BCUT2D eigenvalue weighted by molar-refractivity contribution is -0.137. The van der Waals surface area contributed by atoms with Crippen LogP contribution in [0.15, 0.2) is 54.6 Å². The van der Waals surface area contributed by atoms with Crippen molar-refractivity contribution in [1.29, 1.82) is 0 Å². The number of amides is 1. The van der Waals surface area contributed by atoms with Gasteiger partial charge in [0.1, 0.15) is 0 Å². The van der Waals surface area contributed by atoms with Crippen molar-refractivity contribution in [2.24, 2.45) is 0 Å². The van der Waals surface area contributed by atoms with Crippen LogP contribution in [0.1, 0.15) is 49.3 Å². The van der Waals surface area contributed by atoms with E-state index in [-0.39, 0.29) is 11.9 Å². The molecule has 3 aliphatic rings. The van der Waals surface area contributed by atoms with Crippen molar-refractivity contribution in [1.82, 2.24) is 20.0 Å². The highest BCUT2D eigenvalue weighted by Crippen LogP contribution is 2.34. The summed E-state index contributed by atoms with van der Waals surface area (Å²) < 4.78 is 11.1. The second-order valence-corrected chi connectivity index (χ2v) is 12.3. The highest BCUT2D eigenvalue weighted by atomic mass is 16.5. The van der Waals surface area contributed by atoms with Gasteiger partial charge in [-0.3, -0.25) is 9.69 Å². The van der Waals surface area contributed by atoms with Crippen LogP contribution in [0, 0.1) is 0 Å². The maximum Gasteiger partial charge on any atom is 0.240 e. The van der Waals surface area contributed by atoms with Gasteiger partial charge in [0.15, 0.2) is 11.5 Å². The SMILES string of the molecule is CCCN1CCC(N[C@H]2C[C@@H](C(=O)N3CCc4cc(OC)c(OC)cc4C3)N(Cc3ccc4ccccc4c3)C2)CC1. The van der Waals surface area contributed by atoms with E-state index in [0.717, 1.165) is 49.5 Å². The molecule has 0 unspecified atom stereocenters. The molecule has 1 amide bonds. The van der Waals surface area contributed by atoms with Gasteiger partial charge in [-0.15, -0.1) is 0 Å². The molecule has 0 bridgehead atoms. The molecule has 42 heavy (non-hydrogen) atoms. The summed E-state index contributed by atoms with van der Waals surface area (Å²) in [5.41, 5.74) is 3.66. The van der Waals surface area contributed by atoms with Crippen molar-refractivity contribution in [2.45, 2.75) is 70.2 Å². The van der Waals surface area contributed by atoms with Gasteiger partial charge >= 0.3 is 0 Å². The number of likely N-dealkylation sites (tertiary alicyclic amines) is 2. The summed E-state index contributed by atoms with van der Waals surface area (Å²) in [6.07, 6.45) is 5.28. The van der Waals surface area contributed by atoms with E-state index in [2.05, 4.69) is 75.5 Å². The van der Waals surface area contributed by atoms with E-state index >= 15 is 0 Å². The van der Waals surface area contributed by atoms with Gasteiger partial charge in [-0.2, -0.15) is 0 Å². The second-order valence-electron chi connectivity index (χ2n) is 12.3. The van der Waals surface area contributed by atoms with Crippen molar-refractivity contribution < 1.29 is 14.3 Å². The van der Waals surface area contributed by atoms with Crippen LogP contribution >= 0.6 is 0 Å². The molecule has 0 saturated carbocycles. The number of carbonyl (C=O) groups is 1. The number of ether oxygens (including phenoxy) is 2. The molecule has 0 aliphatic carbocycles. The first-order chi connectivity index (χ1) is 20.5. The topological polar surface area (TPSA) is 57.3 Å². The first kappa shape index (κ1) is 29.0. The molecular formula is C35H46N4O3. The predicted molar refractivity (Wildman–Crippen MR) is 168 cm³/mol. The number of piperidine rings is 1. The number of methoxy groups -OCH3 is 2. The fourth-order valence-electron chi connectivity index (χ4n) is 7.28. The van der Waals surface area contributed by atoms with E-state index in [1.54, 1.807) is 14.2 Å². The van der Waals surface area contributed by atoms with E-state index in [1.807, 2.05) is 6.07 Å². The standard InChI is InChI=1S/C35H46N4O3/c1-4-14-37-15-12-30(13-16-37)36-31-21-32(39(24-31)22-25-9-10-26-7-5-6-8-27(26)18-25)35(40)38-17-11-28-19-33(41-2)34(42-3)20-29(28)23-38/h5-10,18-20,30-32,36H,4,11-17,21-24H2,1-3H3/t31-,32-/m0/s1. The van der Waals surface area contributed by atoms with Crippen molar-refractivity contribution in [3.8, 4) is 11.5 Å². The zero-order chi connectivity index (χ0) is 29.1. The molecule has 3 heterocycles. The largest absolute Gasteiger partial charge is 0.493 e. The molecule has 0 radical (unpaired) electrons. The van der Waals surface area contributed by atoms with Crippen molar-refractivity contribution >= 4 is 16.7 Å². The fourth-order valence-corrected chi connectivity index (χ4v) is 7.28. The summed E-state index contributed by atoms with van der Waals surface area (Å²) in [5, 5.41) is 6.49. The lowest BCUT2D eigenvalue weighted by atomic mass is 9.97. The van der Waals surface area contributed by atoms with Crippen LogP contribution in [0.5, 0.6) is 11.5 Å². The van der Waals surface area contributed by atoms with Crippen LogP contribution in [-0.2, 0) is 24.3 Å². The monoisotopic (exact) mass is 570 g/mol. The van der Waals surface area contributed by atoms with E-state index in [9.17, 15) is 4.79 Å². The maximum atomic E-state index is 14.2. The minimum atomic E-state index is -0.129. The fraction of sp³-hybridized carbons (Fsp3) is 0.514. The highest BCUT2D eigenvalue weighted by molar-refractivity contribution is 5.84.